The van der Waals surface area contributed by atoms with Gasteiger partial charge in [0.2, 0.25) is 11.8 Å². The number of nitrogens with two attached hydrogens (primary N) is 2. The minimum absolute atomic E-state index is 0.334. The van der Waals surface area contributed by atoms with Gasteiger partial charge in [-0.2, -0.15) is 0 Å². The fourth-order valence-electron chi connectivity index (χ4n) is 1.95. The highest BCUT2D eigenvalue weighted by Gasteiger charge is 2.30. The van der Waals surface area contributed by atoms with Crippen molar-refractivity contribution in [3.63, 3.8) is 0 Å². The molecule has 0 radical (unpaired) electrons. The highest BCUT2D eigenvalue weighted by atomic mass is 16.2. The van der Waals surface area contributed by atoms with E-state index in [-0.39, 0.29) is 0 Å². The first-order chi connectivity index (χ1) is 7.40. The number of rotatable bonds is 8. The monoisotopic (exact) mass is 228 g/mol. The van der Waals surface area contributed by atoms with Crippen LogP contribution in [0.4, 0.5) is 0 Å². The Morgan fingerprint density at radius 1 is 1.06 bits per heavy atom. The number of carbonyl (C=O) groups is 2. The van der Waals surface area contributed by atoms with Gasteiger partial charge in [-0.25, -0.2) is 0 Å². The summed E-state index contributed by atoms with van der Waals surface area (Å²) in [6.45, 7) is 6.06. The number of hydrogen-bond donors (Lipinski definition) is 2. The molecule has 0 aromatic heterocycles. The summed E-state index contributed by atoms with van der Waals surface area (Å²) in [5.41, 5.74) is 10.7. The first-order valence-corrected chi connectivity index (χ1v) is 5.98. The Morgan fingerprint density at radius 2 is 1.56 bits per heavy atom. The molecule has 2 amide bonds. The first kappa shape index (κ1) is 14.9. The maximum atomic E-state index is 11.4. The predicted octanol–water partition coefficient (Wildman–Crippen LogP) is 1.43. The summed E-state index contributed by atoms with van der Waals surface area (Å²) in [5.74, 6) is -1.30. The van der Waals surface area contributed by atoms with E-state index in [2.05, 4.69) is 0 Å². The molecule has 4 nitrogen and oxygen atoms in total. The van der Waals surface area contributed by atoms with Crippen molar-refractivity contribution in [2.24, 2.45) is 29.2 Å². The van der Waals surface area contributed by atoms with E-state index in [0.717, 1.165) is 12.8 Å². The molecule has 0 aromatic rings. The molecule has 0 bridgehead atoms. The van der Waals surface area contributed by atoms with Crippen molar-refractivity contribution < 1.29 is 9.59 Å². The van der Waals surface area contributed by atoms with Crippen LogP contribution in [-0.4, -0.2) is 11.8 Å². The van der Waals surface area contributed by atoms with Gasteiger partial charge < -0.3 is 11.5 Å². The van der Waals surface area contributed by atoms with Crippen LogP contribution >= 0.6 is 0 Å². The standard InChI is InChI=1S/C12H24N2O2/c1-4-5-6-9(11(13)15)10(12(14)16)7-8(2)3/h8-10H,4-7H2,1-3H3,(H2,13,15)(H2,14,16)/t9?,10-/m0/s1. The molecule has 4 N–H and O–H groups in total. The highest BCUT2D eigenvalue weighted by molar-refractivity contribution is 5.85. The molecule has 0 spiro atoms. The second-order valence-electron chi connectivity index (χ2n) is 4.79. The number of unbranched alkanes of at least 4 members (excludes halogenated alkanes) is 1. The number of primary amides is 2. The quantitative estimate of drug-likeness (QED) is 0.658. The summed E-state index contributed by atoms with van der Waals surface area (Å²) >= 11 is 0. The maximum absolute atomic E-state index is 11.4. The molecule has 4 heteroatoms. The lowest BCUT2D eigenvalue weighted by atomic mass is 9.81. The van der Waals surface area contributed by atoms with E-state index in [1.54, 1.807) is 0 Å². The van der Waals surface area contributed by atoms with Gasteiger partial charge >= 0.3 is 0 Å². The van der Waals surface area contributed by atoms with E-state index in [9.17, 15) is 9.59 Å². The summed E-state index contributed by atoms with van der Waals surface area (Å²) in [7, 11) is 0. The molecule has 0 aliphatic rings. The summed E-state index contributed by atoms with van der Waals surface area (Å²) in [6, 6.07) is 0. The van der Waals surface area contributed by atoms with E-state index >= 15 is 0 Å². The van der Waals surface area contributed by atoms with Crippen LogP contribution < -0.4 is 11.5 Å². The fraction of sp³-hybridized carbons (Fsp3) is 0.833. The van der Waals surface area contributed by atoms with Crippen LogP contribution in [0.25, 0.3) is 0 Å². The third-order valence-electron chi connectivity index (χ3n) is 2.81. The van der Waals surface area contributed by atoms with Crippen molar-refractivity contribution in [2.75, 3.05) is 0 Å². The molecule has 0 fully saturated rings. The Labute approximate surface area is 97.8 Å². The topological polar surface area (TPSA) is 86.2 Å². The number of hydrogen-bond acceptors (Lipinski definition) is 2. The van der Waals surface area contributed by atoms with Crippen molar-refractivity contribution in [2.45, 2.75) is 46.5 Å². The molecule has 0 heterocycles. The molecule has 0 saturated heterocycles. The minimum Gasteiger partial charge on any atom is -0.369 e. The van der Waals surface area contributed by atoms with Crippen molar-refractivity contribution in [3.8, 4) is 0 Å². The van der Waals surface area contributed by atoms with E-state index in [4.69, 9.17) is 11.5 Å². The molecular weight excluding hydrogens is 204 g/mol. The summed E-state index contributed by atoms with van der Waals surface area (Å²) in [4.78, 5) is 22.7. The van der Waals surface area contributed by atoms with Gasteiger partial charge in [0, 0.05) is 11.8 Å². The highest BCUT2D eigenvalue weighted by Crippen LogP contribution is 2.24. The molecule has 0 saturated carbocycles. The zero-order chi connectivity index (χ0) is 12.7. The average Bonchev–Trinajstić information content (AvgIpc) is 2.15. The molecule has 16 heavy (non-hydrogen) atoms. The Kier molecular flexibility index (Phi) is 6.77. The van der Waals surface area contributed by atoms with Gasteiger partial charge in [0.25, 0.3) is 0 Å². The van der Waals surface area contributed by atoms with Crippen LogP contribution in [0.15, 0.2) is 0 Å². The molecule has 0 aromatic carbocycles. The maximum Gasteiger partial charge on any atom is 0.221 e. The van der Waals surface area contributed by atoms with Gasteiger partial charge in [0.1, 0.15) is 0 Å². The van der Waals surface area contributed by atoms with E-state index in [1.807, 2.05) is 20.8 Å². The SMILES string of the molecule is CCCCC(C(N)=O)[C@H](CC(C)C)C(N)=O. The van der Waals surface area contributed by atoms with E-state index in [0.29, 0.717) is 18.8 Å². The molecule has 0 rings (SSSR count). The van der Waals surface area contributed by atoms with Crippen molar-refractivity contribution in [1.82, 2.24) is 0 Å². The molecule has 0 aliphatic carbocycles. The third-order valence-corrected chi connectivity index (χ3v) is 2.81. The Balaban J connectivity index is 4.65. The number of amides is 2. The summed E-state index contributed by atoms with van der Waals surface area (Å²) in [6.07, 6.45) is 3.17. The summed E-state index contributed by atoms with van der Waals surface area (Å²) < 4.78 is 0. The van der Waals surface area contributed by atoms with E-state index in [1.165, 1.54) is 0 Å². The molecule has 0 aliphatic heterocycles. The van der Waals surface area contributed by atoms with Crippen LogP contribution in [0.1, 0.15) is 46.5 Å². The Hall–Kier alpha value is -1.06. The molecule has 2 atom stereocenters. The second-order valence-corrected chi connectivity index (χ2v) is 4.79. The normalized spacial score (nSPS) is 14.8. The first-order valence-electron chi connectivity index (χ1n) is 5.98. The van der Waals surface area contributed by atoms with Gasteiger partial charge in [-0.3, -0.25) is 9.59 Å². The molecule has 94 valence electrons. The molecular formula is C12H24N2O2. The second kappa shape index (κ2) is 7.25. The van der Waals surface area contributed by atoms with Crippen molar-refractivity contribution >= 4 is 11.8 Å². The van der Waals surface area contributed by atoms with Crippen LogP contribution in [0, 0.1) is 17.8 Å². The lowest BCUT2D eigenvalue weighted by Gasteiger charge is -2.23. The van der Waals surface area contributed by atoms with Crippen LogP contribution in [0.2, 0.25) is 0 Å². The van der Waals surface area contributed by atoms with Gasteiger partial charge in [0.05, 0.1) is 0 Å². The van der Waals surface area contributed by atoms with Crippen LogP contribution in [0.3, 0.4) is 0 Å². The van der Waals surface area contributed by atoms with Gasteiger partial charge in [-0.1, -0.05) is 33.6 Å². The largest absolute Gasteiger partial charge is 0.369 e. The van der Waals surface area contributed by atoms with Gasteiger partial charge in [-0.05, 0) is 18.8 Å². The minimum atomic E-state index is -0.413. The van der Waals surface area contributed by atoms with Gasteiger partial charge in [-0.15, -0.1) is 0 Å². The van der Waals surface area contributed by atoms with Gasteiger partial charge in [0.15, 0.2) is 0 Å². The Bertz CT molecular complexity index is 239. The third kappa shape index (κ3) is 5.14. The van der Waals surface area contributed by atoms with Crippen LogP contribution in [0.5, 0.6) is 0 Å². The zero-order valence-electron chi connectivity index (χ0n) is 10.5. The predicted molar refractivity (Wildman–Crippen MR) is 64.3 cm³/mol. The molecule has 1 unspecified atom stereocenters. The fourth-order valence-corrected chi connectivity index (χ4v) is 1.95. The smallest absolute Gasteiger partial charge is 0.221 e. The number of carbonyl (C=O) groups excluding carboxylic acids is 2. The zero-order valence-corrected chi connectivity index (χ0v) is 10.5. The Morgan fingerprint density at radius 3 is 1.88 bits per heavy atom. The summed E-state index contributed by atoms with van der Waals surface area (Å²) in [5, 5.41) is 0. The van der Waals surface area contributed by atoms with Crippen molar-refractivity contribution in [3.05, 3.63) is 0 Å². The lowest BCUT2D eigenvalue weighted by Crippen LogP contribution is -2.38. The van der Waals surface area contributed by atoms with E-state index < -0.39 is 23.7 Å². The van der Waals surface area contributed by atoms with Crippen molar-refractivity contribution in [1.29, 1.82) is 0 Å². The average molecular weight is 228 g/mol. The van der Waals surface area contributed by atoms with Crippen LogP contribution in [-0.2, 0) is 9.59 Å². The lowest BCUT2D eigenvalue weighted by molar-refractivity contribution is -0.132.